The van der Waals surface area contributed by atoms with Gasteiger partial charge < -0.3 is 14.9 Å². The molecular formula is C20H24O4. The molecule has 4 nitrogen and oxygen atoms in total. The first-order valence-corrected chi connectivity index (χ1v) is 8.03. The van der Waals surface area contributed by atoms with Crippen molar-refractivity contribution in [1.29, 1.82) is 0 Å². The van der Waals surface area contributed by atoms with E-state index in [1.165, 1.54) is 11.6 Å². The third kappa shape index (κ3) is 3.88. The van der Waals surface area contributed by atoms with Crippen LogP contribution in [0.4, 0.5) is 0 Å². The Bertz CT molecular complexity index is 730. The number of aryl methyl sites for hydroxylation is 1. The monoisotopic (exact) mass is 328 g/mol. The Balaban J connectivity index is 2.16. The largest absolute Gasteiger partial charge is 0.507 e. The number of hydrogen-bond donors (Lipinski definition) is 2. The van der Waals surface area contributed by atoms with Crippen molar-refractivity contribution in [1.82, 2.24) is 0 Å². The number of carboxylic acids is 1. The highest BCUT2D eigenvalue weighted by atomic mass is 16.5. The maximum absolute atomic E-state index is 11.2. The van der Waals surface area contributed by atoms with Gasteiger partial charge in [0.2, 0.25) is 0 Å². The highest BCUT2D eigenvalue weighted by Crippen LogP contribution is 2.29. The molecule has 0 saturated carbocycles. The minimum absolute atomic E-state index is 0.103. The van der Waals surface area contributed by atoms with E-state index in [1.807, 2.05) is 24.3 Å². The summed E-state index contributed by atoms with van der Waals surface area (Å²) in [6, 6.07) is 11.1. The molecule has 2 aromatic rings. The summed E-state index contributed by atoms with van der Waals surface area (Å²) in [7, 11) is 0. The van der Waals surface area contributed by atoms with Gasteiger partial charge in [0, 0.05) is 5.56 Å². The molecular weight excluding hydrogens is 304 g/mol. The fraction of sp³-hybridized carbons (Fsp3) is 0.350. The molecule has 4 heteroatoms. The van der Waals surface area contributed by atoms with Gasteiger partial charge in [0.1, 0.15) is 23.7 Å². The van der Waals surface area contributed by atoms with E-state index in [9.17, 15) is 9.90 Å². The third-order valence-electron chi connectivity index (χ3n) is 4.48. The van der Waals surface area contributed by atoms with Crippen molar-refractivity contribution in [3.8, 4) is 11.5 Å². The lowest BCUT2D eigenvalue weighted by Crippen LogP contribution is -2.15. The van der Waals surface area contributed by atoms with Crippen LogP contribution in [0.5, 0.6) is 11.5 Å². The highest BCUT2D eigenvalue weighted by molar-refractivity contribution is 5.91. The summed E-state index contributed by atoms with van der Waals surface area (Å²) in [6.07, 6.45) is 1.04. The Labute approximate surface area is 142 Å². The molecule has 0 aliphatic carbocycles. The second kappa shape index (κ2) is 6.95. The fourth-order valence-electron chi connectivity index (χ4n) is 2.49. The number of carbonyl (C=O) groups is 1. The van der Waals surface area contributed by atoms with Crippen molar-refractivity contribution in [3.05, 3.63) is 58.7 Å². The first-order valence-electron chi connectivity index (χ1n) is 8.03. The summed E-state index contributed by atoms with van der Waals surface area (Å²) in [5, 5.41) is 19.2. The smallest absolute Gasteiger partial charge is 0.339 e. The highest BCUT2D eigenvalue weighted by Gasteiger charge is 2.18. The third-order valence-corrected chi connectivity index (χ3v) is 4.48. The van der Waals surface area contributed by atoms with E-state index < -0.39 is 5.97 Å². The summed E-state index contributed by atoms with van der Waals surface area (Å²) in [5.74, 6) is -0.705. The standard InChI is InChI=1S/C20H24O4/c1-5-20(3,4)15-6-8-16(9-7-15)24-12-14-10-13(2)11-17(18(14)21)19(22)23/h6-11,21H,5,12H2,1-4H3,(H,22,23). The lowest BCUT2D eigenvalue weighted by atomic mass is 9.82. The Morgan fingerprint density at radius 1 is 1.17 bits per heavy atom. The van der Waals surface area contributed by atoms with E-state index >= 15 is 0 Å². The second-order valence-corrected chi connectivity index (χ2v) is 6.68. The van der Waals surface area contributed by atoms with Crippen LogP contribution in [0.25, 0.3) is 0 Å². The number of aromatic carboxylic acids is 1. The summed E-state index contributed by atoms with van der Waals surface area (Å²) < 4.78 is 5.71. The molecule has 128 valence electrons. The molecule has 24 heavy (non-hydrogen) atoms. The predicted molar refractivity (Wildman–Crippen MR) is 93.9 cm³/mol. The van der Waals surface area contributed by atoms with E-state index in [0.717, 1.165) is 12.0 Å². The van der Waals surface area contributed by atoms with Crippen LogP contribution in [-0.4, -0.2) is 16.2 Å². The van der Waals surface area contributed by atoms with Gasteiger partial charge in [-0.15, -0.1) is 0 Å². The van der Waals surface area contributed by atoms with Crippen LogP contribution in [0, 0.1) is 6.92 Å². The number of phenols is 1. The molecule has 0 radical (unpaired) electrons. The summed E-state index contributed by atoms with van der Waals surface area (Å²) in [4.78, 5) is 11.2. The molecule has 0 spiro atoms. The van der Waals surface area contributed by atoms with Gasteiger partial charge in [0.15, 0.2) is 0 Å². The molecule has 0 amide bonds. The first kappa shape index (κ1) is 17.9. The van der Waals surface area contributed by atoms with Crippen LogP contribution in [-0.2, 0) is 12.0 Å². The zero-order valence-electron chi connectivity index (χ0n) is 14.6. The lowest BCUT2D eigenvalue weighted by molar-refractivity contribution is 0.0693. The Morgan fingerprint density at radius 3 is 2.33 bits per heavy atom. The average molecular weight is 328 g/mol. The molecule has 0 unspecified atom stereocenters. The summed E-state index contributed by atoms with van der Waals surface area (Å²) >= 11 is 0. The Kier molecular flexibility index (Phi) is 5.17. The topological polar surface area (TPSA) is 66.8 Å². The average Bonchev–Trinajstić information content (AvgIpc) is 2.55. The Morgan fingerprint density at radius 2 is 1.79 bits per heavy atom. The molecule has 2 rings (SSSR count). The van der Waals surface area contributed by atoms with Crippen molar-refractivity contribution < 1.29 is 19.7 Å². The van der Waals surface area contributed by atoms with Gasteiger partial charge in [-0.3, -0.25) is 0 Å². The van der Waals surface area contributed by atoms with Crippen molar-refractivity contribution >= 4 is 5.97 Å². The van der Waals surface area contributed by atoms with Gasteiger partial charge in [0.05, 0.1) is 0 Å². The normalized spacial score (nSPS) is 11.3. The van der Waals surface area contributed by atoms with E-state index in [1.54, 1.807) is 13.0 Å². The number of carboxylic acid groups (broad SMARTS) is 1. The van der Waals surface area contributed by atoms with Crippen LogP contribution >= 0.6 is 0 Å². The maximum atomic E-state index is 11.2. The van der Waals surface area contributed by atoms with E-state index in [2.05, 4.69) is 20.8 Å². The first-order chi connectivity index (χ1) is 11.2. The van der Waals surface area contributed by atoms with Gasteiger partial charge in [-0.05, 0) is 54.2 Å². The summed E-state index contributed by atoms with van der Waals surface area (Å²) in [5.41, 5.74) is 2.48. The number of benzene rings is 2. The molecule has 0 atom stereocenters. The van der Waals surface area contributed by atoms with Crippen LogP contribution in [0.3, 0.4) is 0 Å². The van der Waals surface area contributed by atoms with Crippen LogP contribution in [0.15, 0.2) is 36.4 Å². The van der Waals surface area contributed by atoms with Gasteiger partial charge in [0.25, 0.3) is 0 Å². The number of hydrogen-bond acceptors (Lipinski definition) is 3. The van der Waals surface area contributed by atoms with E-state index in [-0.39, 0.29) is 23.3 Å². The molecule has 2 aromatic carbocycles. The molecule has 0 aliphatic heterocycles. The quantitative estimate of drug-likeness (QED) is 0.809. The van der Waals surface area contributed by atoms with Crippen molar-refractivity contribution in [3.63, 3.8) is 0 Å². The number of ether oxygens (including phenoxy) is 1. The van der Waals surface area contributed by atoms with Crippen LogP contribution in [0.2, 0.25) is 0 Å². The van der Waals surface area contributed by atoms with Crippen molar-refractivity contribution in [2.24, 2.45) is 0 Å². The SMILES string of the molecule is CCC(C)(C)c1ccc(OCc2cc(C)cc(C(=O)O)c2O)cc1. The van der Waals surface area contributed by atoms with Gasteiger partial charge in [-0.2, -0.15) is 0 Å². The molecule has 0 aliphatic rings. The van der Waals surface area contributed by atoms with Gasteiger partial charge in [-0.1, -0.05) is 32.9 Å². The molecule has 0 saturated heterocycles. The maximum Gasteiger partial charge on any atom is 0.339 e. The van der Waals surface area contributed by atoms with E-state index in [0.29, 0.717) is 11.3 Å². The molecule has 2 N–H and O–H groups in total. The molecule has 0 fully saturated rings. The minimum atomic E-state index is -1.15. The Hall–Kier alpha value is -2.49. The predicted octanol–water partition coefficient (Wildman–Crippen LogP) is 4.67. The van der Waals surface area contributed by atoms with E-state index in [4.69, 9.17) is 9.84 Å². The zero-order valence-corrected chi connectivity index (χ0v) is 14.6. The van der Waals surface area contributed by atoms with Crippen LogP contribution in [0.1, 0.15) is 54.2 Å². The number of aromatic hydroxyl groups is 1. The minimum Gasteiger partial charge on any atom is -0.507 e. The fourth-order valence-corrected chi connectivity index (χ4v) is 2.49. The molecule has 0 heterocycles. The van der Waals surface area contributed by atoms with Gasteiger partial charge in [-0.25, -0.2) is 4.79 Å². The van der Waals surface area contributed by atoms with Crippen LogP contribution < -0.4 is 4.74 Å². The second-order valence-electron chi connectivity index (χ2n) is 6.68. The van der Waals surface area contributed by atoms with Gasteiger partial charge >= 0.3 is 5.97 Å². The lowest BCUT2D eigenvalue weighted by Gasteiger charge is -2.23. The van der Waals surface area contributed by atoms with Crippen molar-refractivity contribution in [2.45, 2.75) is 46.1 Å². The number of rotatable bonds is 6. The molecule has 0 bridgehead atoms. The van der Waals surface area contributed by atoms with Crippen molar-refractivity contribution in [2.75, 3.05) is 0 Å². The zero-order chi connectivity index (χ0) is 17.9. The summed E-state index contributed by atoms with van der Waals surface area (Å²) in [6.45, 7) is 8.45. The molecule has 0 aromatic heterocycles.